The zero-order valence-corrected chi connectivity index (χ0v) is 30.7. The van der Waals surface area contributed by atoms with Gasteiger partial charge in [0.1, 0.15) is 33.9 Å². The molecule has 1 aliphatic carbocycles. The standard InChI is InChI=1S/C33H34N10O7S3/c1-15-40-41-33(53-15)38-22(44)11-19(16-5-4-9-35-12-16)23(18-8-10-36-27(18)45)20-13-51-30-25(29(47)43(30)26(20)31(48)49)39-28(46)24(21-14-52-32(34)37-21)42-50-17-6-2-3-7-17/h4-5,9,12,14,17,19,25,30H,2-3,6-8,10-11,13H2,1H3,(H2,34,37)(H,36,45)(H,39,46)(H,48,49)(H,38,41,44)/t19?,25-,30-/m1/s1. The summed E-state index contributed by atoms with van der Waals surface area (Å²) in [4.78, 5) is 82.7. The number of carboxylic acids is 1. The number of fused-ring (bicyclic) bond motifs is 1. The van der Waals surface area contributed by atoms with Crippen LogP contribution in [0.3, 0.4) is 0 Å². The number of aliphatic carboxylic acids is 1. The lowest BCUT2D eigenvalue weighted by atomic mass is 9.80. The van der Waals surface area contributed by atoms with Crippen LogP contribution in [-0.2, 0) is 28.8 Å². The Morgan fingerprint density at radius 2 is 2.04 bits per heavy atom. The number of nitrogen functional groups attached to an aromatic ring is 1. The van der Waals surface area contributed by atoms with Crippen molar-refractivity contribution >= 4 is 80.0 Å². The summed E-state index contributed by atoms with van der Waals surface area (Å²) in [5.74, 6) is -4.40. The summed E-state index contributed by atoms with van der Waals surface area (Å²) in [5.41, 5.74) is 6.99. The maximum atomic E-state index is 13.9. The van der Waals surface area contributed by atoms with Crippen LogP contribution in [0, 0.1) is 6.92 Å². The van der Waals surface area contributed by atoms with Crippen LogP contribution in [0.5, 0.6) is 0 Å². The number of carbonyl (C=O) groups is 5. The van der Waals surface area contributed by atoms with Crippen LogP contribution in [0.15, 0.2) is 57.5 Å². The van der Waals surface area contributed by atoms with E-state index in [1.807, 2.05) is 0 Å². The first-order valence-electron chi connectivity index (χ1n) is 16.8. The van der Waals surface area contributed by atoms with Gasteiger partial charge in [0.2, 0.25) is 16.9 Å². The number of carbonyl (C=O) groups excluding carboxylic acids is 4. The molecule has 3 atom stereocenters. The van der Waals surface area contributed by atoms with E-state index in [0.717, 1.165) is 41.9 Å². The molecule has 17 nitrogen and oxygen atoms in total. The second-order valence-corrected chi connectivity index (χ2v) is 15.8. The van der Waals surface area contributed by atoms with Gasteiger partial charge in [-0.15, -0.1) is 33.3 Å². The average Bonchev–Trinajstić information content (AvgIpc) is 3.98. The predicted molar refractivity (Wildman–Crippen MR) is 196 cm³/mol. The van der Waals surface area contributed by atoms with Gasteiger partial charge >= 0.3 is 5.97 Å². The average molecular weight is 779 g/mol. The SMILES string of the molecule is Cc1nnc(NC(=O)CC(C(=C2CCNC2=O)C2=C(C(=O)O)N3C(=O)[C@@H](NC(=O)C(=NOC4CCCC4)c4csc(N)n4)[C@H]3SC2)c2cccnc2)s1. The van der Waals surface area contributed by atoms with E-state index >= 15 is 0 Å². The van der Waals surface area contributed by atoms with Crippen molar-refractivity contribution in [1.29, 1.82) is 0 Å². The number of rotatable bonds is 12. The number of β-lactam (4-membered cyclic amide) rings is 1. The second-order valence-electron chi connectivity index (χ2n) is 12.6. The molecule has 3 fully saturated rings. The molecule has 1 saturated carbocycles. The van der Waals surface area contributed by atoms with Gasteiger partial charge in [-0.3, -0.25) is 29.1 Å². The number of nitrogens with one attached hydrogen (secondary N) is 3. The highest BCUT2D eigenvalue weighted by molar-refractivity contribution is 8.00. The minimum absolute atomic E-state index is 0.0525. The van der Waals surface area contributed by atoms with Gasteiger partial charge in [-0.1, -0.05) is 22.6 Å². The van der Waals surface area contributed by atoms with Crippen LogP contribution in [0.1, 0.15) is 60.7 Å². The Bertz CT molecular complexity index is 2060. The van der Waals surface area contributed by atoms with Crippen molar-refractivity contribution in [3.8, 4) is 0 Å². The first kappa shape index (κ1) is 36.2. The lowest BCUT2D eigenvalue weighted by Gasteiger charge is -2.50. The molecule has 6 N–H and O–H groups in total. The molecule has 53 heavy (non-hydrogen) atoms. The molecule has 276 valence electrons. The van der Waals surface area contributed by atoms with Gasteiger partial charge in [-0.25, -0.2) is 9.78 Å². The summed E-state index contributed by atoms with van der Waals surface area (Å²) in [7, 11) is 0. The first-order chi connectivity index (χ1) is 25.6. The molecule has 6 heterocycles. The third-order valence-electron chi connectivity index (χ3n) is 9.21. The highest BCUT2D eigenvalue weighted by atomic mass is 32.2. The van der Waals surface area contributed by atoms with Gasteiger partial charge < -0.3 is 31.6 Å². The number of pyridine rings is 1. The molecule has 0 bridgehead atoms. The lowest BCUT2D eigenvalue weighted by Crippen LogP contribution is -2.71. The van der Waals surface area contributed by atoms with Gasteiger partial charge in [0, 0.05) is 48.0 Å². The van der Waals surface area contributed by atoms with E-state index in [4.69, 9.17) is 10.6 Å². The third kappa shape index (κ3) is 7.51. The number of hydrogen-bond acceptors (Lipinski definition) is 15. The summed E-state index contributed by atoms with van der Waals surface area (Å²) < 4.78 is 0. The molecule has 7 rings (SSSR count). The number of allylic oxidation sites excluding steroid dienone is 1. The second kappa shape index (κ2) is 15.4. The van der Waals surface area contributed by atoms with Crippen molar-refractivity contribution in [2.75, 3.05) is 23.3 Å². The number of aromatic nitrogens is 4. The summed E-state index contributed by atoms with van der Waals surface area (Å²) in [5, 5.41) is 32.9. The van der Waals surface area contributed by atoms with Gasteiger partial charge in [0.15, 0.2) is 10.8 Å². The fourth-order valence-electron chi connectivity index (χ4n) is 6.81. The van der Waals surface area contributed by atoms with E-state index < -0.39 is 46.9 Å². The van der Waals surface area contributed by atoms with Gasteiger partial charge in [-0.2, -0.15) is 0 Å². The number of carboxylic acid groups (broad SMARTS) is 1. The Hall–Kier alpha value is -5.21. The quantitative estimate of drug-likeness (QED) is 0.0768. The summed E-state index contributed by atoms with van der Waals surface area (Å²) >= 11 is 3.55. The first-order valence-corrected chi connectivity index (χ1v) is 19.5. The molecule has 0 radical (unpaired) electrons. The number of oxime groups is 1. The Labute approximate surface area is 314 Å². The van der Waals surface area contributed by atoms with E-state index in [-0.39, 0.29) is 52.5 Å². The Balaban J connectivity index is 1.21. The summed E-state index contributed by atoms with van der Waals surface area (Å²) in [6, 6.07) is 2.34. The van der Waals surface area contributed by atoms with Crippen molar-refractivity contribution in [2.24, 2.45) is 5.16 Å². The van der Waals surface area contributed by atoms with Crippen LogP contribution in [-0.4, -0.2) is 95.3 Å². The normalized spacial score (nSPS) is 21.8. The molecule has 0 spiro atoms. The smallest absolute Gasteiger partial charge is 0.352 e. The van der Waals surface area contributed by atoms with Crippen LogP contribution >= 0.6 is 34.4 Å². The summed E-state index contributed by atoms with van der Waals surface area (Å²) in [6.45, 7) is 2.07. The number of thioether (sulfide) groups is 1. The Kier molecular flexibility index (Phi) is 10.5. The fraction of sp³-hybridized carbons (Fsp3) is 0.394. The number of hydrogen-bond donors (Lipinski definition) is 5. The number of anilines is 2. The predicted octanol–water partition coefficient (Wildman–Crippen LogP) is 2.31. The van der Waals surface area contributed by atoms with E-state index in [1.54, 1.807) is 36.8 Å². The number of aryl methyl sites for hydroxylation is 1. The maximum absolute atomic E-state index is 13.9. The lowest BCUT2D eigenvalue weighted by molar-refractivity contribution is -0.150. The maximum Gasteiger partial charge on any atom is 0.352 e. The van der Waals surface area contributed by atoms with Gasteiger partial charge in [-0.05, 0) is 61.8 Å². The molecule has 4 aliphatic rings. The van der Waals surface area contributed by atoms with E-state index in [2.05, 4.69) is 41.3 Å². The molecule has 1 unspecified atom stereocenters. The fourth-order valence-corrected chi connectivity index (χ4v) is 9.33. The number of nitrogens with zero attached hydrogens (tertiary/aromatic N) is 6. The van der Waals surface area contributed by atoms with Crippen LogP contribution in [0.2, 0.25) is 0 Å². The molecular weight excluding hydrogens is 745 g/mol. The summed E-state index contributed by atoms with van der Waals surface area (Å²) in [6.07, 6.45) is 6.63. The van der Waals surface area contributed by atoms with Crippen molar-refractivity contribution in [1.82, 2.24) is 35.7 Å². The topological polar surface area (TPSA) is 244 Å². The third-order valence-corrected chi connectivity index (χ3v) is 11.9. The number of thiazole rings is 1. The van der Waals surface area contributed by atoms with Crippen LogP contribution in [0.4, 0.5) is 10.3 Å². The molecule has 4 amide bonds. The highest BCUT2D eigenvalue weighted by Gasteiger charge is 2.55. The van der Waals surface area contributed by atoms with Crippen molar-refractivity contribution < 1.29 is 33.9 Å². The molecule has 3 aliphatic heterocycles. The van der Waals surface area contributed by atoms with Crippen LogP contribution < -0.4 is 21.7 Å². The monoisotopic (exact) mass is 778 g/mol. The molecule has 0 aromatic carbocycles. The molecule has 3 aromatic rings. The number of nitrogens with two attached hydrogens (primary N) is 1. The van der Waals surface area contributed by atoms with E-state index in [1.165, 1.54) is 23.1 Å². The Morgan fingerprint density at radius 1 is 1.23 bits per heavy atom. The van der Waals surface area contributed by atoms with E-state index in [9.17, 15) is 29.1 Å². The largest absolute Gasteiger partial charge is 0.477 e. The van der Waals surface area contributed by atoms with Crippen molar-refractivity contribution in [2.45, 2.75) is 68.9 Å². The van der Waals surface area contributed by atoms with Gasteiger partial charge in [0.05, 0.1) is 0 Å². The van der Waals surface area contributed by atoms with Crippen molar-refractivity contribution in [3.05, 3.63) is 68.6 Å². The molecule has 20 heteroatoms. The Morgan fingerprint density at radius 3 is 2.68 bits per heavy atom. The number of amides is 4. The molecule has 2 saturated heterocycles. The minimum atomic E-state index is -1.40. The molecular formula is C33H34N10O7S3. The zero-order chi connectivity index (χ0) is 37.2. The minimum Gasteiger partial charge on any atom is -0.477 e. The van der Waals surface area contributed by atoms with E-state index in [0.29, 0.717) is 33.4 Å². The van der Waals surface area contributed by atoms with Gasteiger partial charge in [0.25, 0.3) is 11.8 Å². The zero-order valence-electron chi connectivity index (χ0n) is 28.2. The van der Waals surface area contributed by atoms with Crippen molar-refractivity contribution in [3.63, 3.8) is 0 Å². The van der Waals surface area contributed by atoms with Crippen LogP contribution in [0.25, 0.3) is 0 Å². The highest BCUT2D eigenvalue weighted by Crippen LogP contribution is 2.47. The molecule has 3 aromatic heterocycles.